The summed E-state index contributed by atoms with van der Waals surface area (Å²) in [6.07, 6.45) is 3.05. The molecule has 0 aliphatic carbocycles. The first kappa shape index (κ1) is 30.7. The second-order valence-electron chi connectivity index (χ2n) is 11.6. The third-order valence-corrected chi connectivity index (χ3v) is 8.70. The molecule has 2 aliphatic heterocycles. The zero-order valence-corrected chi connectivity index (χ0v) is 25.8. The van der Waals surface area contributed by atoms with Gasteiger partial charge in [0.15, 0.2) is 17.8 Å². The number of carbonyl (C=O) groups excluding carboxylic acids is 1. The maximum Gasteiger partial charge on any atom is 0.257 e. The third-order valence-electron chi connectivity index (χ3n) is 8.70. The normalized spacial score (nSPS) is 21.5. The van der Waals surface area contributed by atoms with Gasteiger partial charge in [0.1, 0.15) is 0 Å². The lowest BCUT2D eigenvalue weighted by Crippen LogP contribution is -2.45. The summed E-state index contributed by atoms with van der Waals surface area (Å²) in [6, 6.07) is 23.1. The molecule has 0 unspecified atom stereocenters. The quantitative estimate of drug-likeness (QED) is 0.250. The minimum Gasteiger partial charge on any atom is -0.493 e. The number of aliphatic hydroxyl groups excluding tert-OH is 1. The Bertz CT molecular complexity index is 1610. The number of aliphatic hydroxyl groups is 1. The number of carbonyl (C=O) groups is 1. The zero-order chi connectivity index (χ0) is 31.3. The van der Waals surface area contributed by atoms with E-state index in [0.717, 1.165) is 54.2 Å². The molecule has 9 nitrogen and oxygen atoms in total. The second-order valence-corrected chi connectivity index (χ2v) is 11.6. The summed E-state index contributed by atoms with van der Waals surface area (Å²) >= 11 is 0. The fourth-order valence-electron chi connectivity index (χ4n) is 6.14. The number of aromatic nitrogens is 1. The number of ether oxygens (including phenoxy) is 4. The molecule has 3 aromatic carbocycles. The van der Waals surface area contributed by atoms with Crippen molar-refractivity contribution in [3.05, 3.63) is 119 Å². The number of methoxy groups -OCH3 is 2. The van der Waals surface area contributed by atoms with Crippen LogP contribution >= 0.6 is 0 Å². The van der Waals surface area contributed by atoms with Crippen LogP contribution in [0, 0.1) is 5.92 Å². The average molecular weight is 610 g/mol. The van der Waals surface area contributed by atoms with Crippen LogP contribution in [0.25, 0.3) is 0 Å². The zero-order valence-electron chi connectivity index (χ0n) is 25.8. The predicted molar refractivity (Wildman–Crippen MR) is 170 cm³/mol. The summed E-state index contributed by atoms with van der Waals surface area (Å²) in [5, 5.41) is 12.6. The highest BCUT2D eigenvalue weighted by atomic mass is 16.7. The van der Waals surface area contributed by atoms with E-state index in [4.69, 9.17) is 18.9 Å². The van der Waals surface area contributed by atoms with E-state index in [9.17, 15) is 9.90 Å². The highest BCUT2D eigenvalue weighted by Crippen LogP contribution is 2.43. The highest BCUT2D eigenvalue weighted by Gasteiger charge is 2.39. The van der Waals surface area contributed by atoms with Crippen molar-refractivity contribution in [2.45, 2.75) is 45.0 Å². The van der Waals surface area contributed by atoms with Crippen LogP contribution in [-0.4, -0.2) is 54.3 Å². The number of nitrogens with zero attached hydrogens (tertiary/aromatic N) is 2. The standard InChI is InChI=1S/C36H39N3O6/c1-23-33(21-39-15-13-26-17-31(42-2)32(43-3)18-29(26)20-39)44-36(45-34(23)25-11-9-24(22-40)10-12-25)27-6-4-8-30(16-27)38-35(41)28-7-5-14-37-19-28/h4-12,14,16-19,23,33-34,36,40H,13,15,20-22H2,1-3H3,(H,38,41)/t23-,33+,34+,36+/m0/s1. The van der Waals surface area contributed by atoms with Gasteiger partial charge in [-0.15, -0.1) is 0 Å². The van der Waals surface area contributed by atoms with Gasteiger partial charge in [-0.1, -0.05) is 43.3 Å². The molecule has 45 heavy (non-hydrogen) atoms. The van der Waals surface area contributed by atoms with Gasteiger partial charge in [-0.05, 0) is 65.1 Å². The van der Waals surface area contributed by atoms with E-state index < -0.39 is 6.29 Å². The SMILES string of the molecule is COc1cc2c(cc1OC)CN(C[C@H]1O[C@@H](c3cccc(NC(=O)c4cccnc4)c3)O[C@@H](c3ccc(CO)cc3)[C@H]1C)CC2. The lowest BCUT2D eigenvalue weighted by molar-refractivity contribution is -0.276. The number of fused-ring (bicyclic) bond motifs is 1. The largest absolute Gasteiger partial charge is 0.493 e. The third kappa shape index (κ3) is 6.87. The molecule has 6 rings (SSSR count). The Kier molecular flexibility index (Phi) is 9.42. The summed E-state index contributed by atoms with van der Waals surface area (Å²) in [5.41, 5.74) is 6.31. The average Bonchev–Trinajstić information content (AvgIpc) is 3.09. The maximum absolute atomic E-state index is 12.8. The first-order valence-corrected chi connectivity index (χ1v) is 15.2. The maximum atomic E-state index is 12.8. The van der Waals surface area contributed by atoms with Crippen molar-refractivity contribution in [1.29, 1.82) is 0 Å². The number of anilines is 1. The van der Waals surface area contributed by atoms with Gasteiger partial charge in [0.2, 0.25) is 0 Å². The van der Waals surface area contributed by atoms with E-state index in [0.29, 0.717) is 11.3 Å². The molecule has 1 saturated heterocycles. The van der Waals surface area contributed by atoms with Crippen molar-refractivity contribution < 1.29 is 28.8 Å². The van der Waals surface area contributed by atoms with Gasteiger partial charge in [0.05, 0.1) is 38.6 Å². The van der Waals surface area contributed by atoms with Gasteiger partial charge in [-0.25, -0.2) is 0 Å². The van der Waals surface area contributed by atoms with E-state index in [1.165, 1.54) is 17.3 Å². The van der Waals surface area contributed by atoms with Crippen LogP contribution in [0.2, 0.25) is 0 Å². The summed E-state index contributed by atoms with van der Waals surface area (Å²) in [5.74, 6) is 1.29. The second kappa shape index (κ2) is 13.8. The first-order chi connectivity index (χ1) is 21.9. The topological polar surface area (TPSA) is 102 Å². The molecule has 2 aliphatic rings. The fraction of sp³-hybridized carbons (Fsp3) is 0.333. The summed E-state index contributed by atoms with van der Waals surface area (Å²) in [4.78, 5) is 19.3. The van der Waals surface area contributed by atoms with E-state index >= 15 is 0 Å². The van der Waals surface area contributed by atoms with Crippen LogP contribution in [0.5, 0.6) is 11.5 Å². The molecule has 9 heteroatoms. The Morgan fingerprint density at radius 1 is 0.978 bits per heavy atom. The van der Waals surface area contributed by atoms with Crippen LogP contribution in [0.15, 0.2) is 85.2 Å². The number of hydrogen-bond acceptors (Lipinski definition) is 8. The van der Waals surface area contributed by atoms with E-state index in [-0.39, 0.29) is 30.6 Å². The monoisotopic (exact) mass is 609 g/mol. The summed E-state index contributed by atoms with van der Waals surface area (Å²) < 4.78 is 24.5. The van der Waals surface area contributed by atoms with Crippen LogP contribution in [0.4, 0.5) is 5.69 Å². The van der Waals surface area contributed by atoms with Crippen LogP contribution in [0.1, 0.15) is 57.5 Å². The predicted octanol–water partition coefficient (Wildman–Crippen LogP) is 5.69. The Hall–Kier alpha value is -4.28. The Balaban J connectivity index is 1.25. The van der Waals surface area contributed by atoms with Gasteiger partial charge < -0.3 is 29.4 Å². The van der Waals surface area contributed by atoms with Crippen LogP contribution < -0.4 is 14.8 Å². The summed E-state index contributed by atoms with van der Waals surface area (Å²) in [7, 11) is 3.33. The number of rotatable bonds is 9. The molecule has 1 amide bonds. The molecule has 0 spiro atoms. The Morgan fingerprint density at radius 2 is 1.76 bits per heavy atom. The van der Waals surface area contributed by atoms with Gasteiger partial charge in [-0.2, -0.15) is 0 Å². The molecule has 1 fully saturated rings. The van der Waals surface area contributed by atoms with E-state index in [2.05, 4.69) is 34.3 Å². The molecule has 0 bridgehead atoms. The molecule has 3 heterocycles. The van der Waals surface area contributed by atoms with Gasteiger partial charge in [0, 0.05) is 49.2 Å². The molecule has 2 N–H and O–H groups in total. The van der Waals surface area contributed by atoms with E-state index in [1.54, 1.807) is 32.5 Å². The number of hydrogen-bond donors (Lipinski definition) is 2. The van der Waals surface area contributed by atoms with Gasteiger partial charge >= 0.3 is 0 Å². The molecule has 0 radical (unpaired) electrons. The van der Waals surface area contributed by atoms with Crippen molar-refractivity contribution in [1.82, 2.24) is 9.88 Å². The Morgan fingerprint density at radius 3 is 2.47 bits per heavy atom. The van der Waals surface area contributed by atoms with Gasteiger partial charge in [-0.3, -0.25) is 14.7 Å². The van der Waals surface area contributed by atoms with Crippen molar-refractivity contribution in [2.75, 3.05) is 32.6 Å². The lowest BCUT2D eigenvalue weighted by atomic mass is 9.89. The minimum atomic E-state index is -0.648. The van der Waals surface area contributed by atoms with Gasteiger partial charge in [0.25, 0.3) is 5.91 Å². The smallest absolute Gasteiger partial charge is 0.257 e. The fourth-order valence-corrected chi connectivity index (χ4v) is 6.14. The Labute approximate surface area is 263 Å². The lowest BCUT2D eigenvalue weighted by Gasteiger charge is -2.43. The van der Waals surface area contributed by atoms with Crippen molar-refractivity contribution in [2.24, 2.45) is 5.92 Å². The highest BCUT2D eigenvalue weighted by molar-refractivity contribution is 6.04. The van der Waals surface area contributed by atoms with Crippen molar-refractivity contribution in [3.63, 3.8) is 0 Å². The molecule has 4 aromatic rings. The van der Waals surface area contributed by atoms with Crippen molar-refractivity contribution >= 4 is 11.6 Å². The molecule has 0 saturated carbocycles. The molecular weight excluding hydrogens is 570 g/mol. The molecule has 234 valence electrons. The number of nitrogens with one attached hydrogen (secondary N) is 1. The molecule has 1 aromatic heterocycles. The number of benzene rings is 3. The number of pyridine rings is 1. The molecular formula is C36H39N3O6. The van der Waals surface area contributed by atoms with Crippen LogP contribution in [0.3, 0.4) is 0 Å². The van der Waals surface area contributed by atoms with Crippen LogP contribution in [-0.2, 0) is 29.0 Å². The minimum absolute atomic E-state index is 0.0135. The van der Waals surface area contributed by atoms with Crippen molar-refractivity contribution in [3.8, 4) is 11.5 Å². The molecule has 4 atom stereocenters. The number of amides is 1. The van der Waals surface area contributed by atoms with E-state index in [1.807, 2.05) is 48.5 Å². The first-order valence-electron chi connectivity index (χ1n) is 15.2. The summed E-state index contributed by atoms with van der Waals surface area (Å²) in [6.45, 7) is 4.55.